The summed E-state index contributed by atoms with van der Waals surface area (Å²) in [5.74, 6) is 0. The maximum absolute atomic E-state index is 4.14. The predicted molar refractivity (Wildman–Crippen MR) is 91.0 cm³/mol. The maximum Gasteiger partial charge on any atom is 0.0701 e. The van der Waals surface area contributed by atoms with Crippen LogP contribution in [0, 0.1) is 0 Å². The molecule has 0 unspecified atom stereocenters. The highest BCUT2D eigenvalue weighted by atomic mass is 14.7. The normalized spacial score (nSPS) is 8.80. The molecule has 0 saturated carbocycles. The maximum atomic E-state index is 4.14. The first-order valence-corrected chi connectivity index (χ1v) is 6.30. The van der Waals surface area contributed by atoms with Gasteiger partial charge in [-0.1, -0.05) is 74.9 Å². The summed E-state index contributed by atoms with van der Waals surface area (Å²) in [6.45, 7) is 14.7. The minimum absolute atomic E-state index is 0.849. The fourth-order valence-corrected chi connectivity index (χ4v) is 1.66. The van der Waals surface area contributed by atoms with Crippen molar-refractivity contribution >= 4 is 24.3 Å². The molecule has 1 heterocycles. The molecule has 100 valence electrons. The van der Waals surface area contributed by atoms with E-state index >= 15 is 0 Å². The van der Waals surface area contributed by atoms with E-state index in [9.17, 15) is 0 Å². The minimum Gasteiger partial charge on any atom is -0.256 e. The lowest BCUT2D eigenvalue weighted by molar-refractivity contribution is 1.28. The van der Waals surface area contributed by atoms with Crippen LogP contribution >= 0.6 is 0 Å². The molecule has 0 spiro atoms. The molecule has 1 aromatic heterocycles. The first kappa shape index (κ1) is 15.4. The van der Waals surface area contributed by atoms with Gasteiger partial charge >= 0.3 is 0 Å². The van der Waals surface area contributed by atoms with Crippen molar-refractivity contribution in [3.8, 4) is 0 Å². The summed E-state index contributed by atoms with van der Waals surface area (Å²) in [7, 11) is 0. The van der Waals surface area contributed by atoms with Gasteiger partial charge in [-0.3, -0.25) is 4.98 Å². The topological polar surface area (TPSA) is 12.9 Å². The zero-order chi connectivity index (χ0) is 14.8. The van der Waals surface area contributed by atoms with E-state index in [0.717, 1.165) is 16.8 Å². The summed E-state index contributed by atoms with van der Waals surface area (Å²) in [5, 5.41) is 0. The first-order valence-electron chi connectivity index (χ1n) is 6.30. The molecule has 1 aromatic carbocycles. The smallest absolute Gasteiger partial charge is 0.0701 e. The molecule has 0 aliphatic carbocycles. The van der Waals surface area contributed by atoms with Gasteiger partial charge < -0.3 is 0 Å². The highest BCUT2D eigenvalue weighted by Gasteiger charge is 1.99. The zero-order valence-corrected chi connectivity index (χ0v) is 11.6. The molecule has 0 atom stereocenters. The van der Waals surface area contributed by atoms with Crippen molar-refractivity contribution in [2.24, 2.45) is 0 Å². The summed E-state index contributed by atoms with van der Waals surface area (Å²) >= 11 is 0. The Kier molecular flexibility index (Phi) is 6.49. The predicted octanol–water partition coefficient (Wildman–Crippen LogP) is 5.34. The molecular weight excluding hydrogens is 242 g/mol. The quantitative estimate of drug-likeness (QED) is 0.724. The summed E-state index contributed by atoms with van der Waals surface area (Å²) < 4.78 is 0. The number of aromatic nitrogens is 1. The van der Waals surface area contributed by atoms with Crippen LogP contribution in [0.2, 0.25) is 0 Å². The lowest BCUT2D eigenvalue weighted by Crippen LogP contribution is -1.88. The summed E-state index contributed by atoms with van der Waals surface area (Å²) in [6.07, 6.45) is 8.83. The summed E-state index contributed by atoms with van der Waals surface area (Å²) in [5.41, 5.74) is 4.05. The Morgan fingerprint density at radius 3 is 1.90 bits per heavy atom. The Labute approximate surface area is 121 Å². The fourth-order valence-electron chi connectivity index (χ4n) is 1.66. The first-order chi connectivity index (χ1) is 9.76. The Hall–Kier alpha value is -2.67. The summed E-state index contributed by atoms with van der Waals surface area (Å²) in [6, 6.07) is 11.9. The number of benzene rings is 1. The van der Waals surface area contributed by atoms with Gasteiger partial charge in [0.25, 0.3) is 0 Å². The van der Waals surface area contributed by atoms with Crippen molar-refractivity contribution in [1.82, 2.24) is 4.98 Å². The lowest BCUT2D eigenvalue weighted by atomic mass is 10.1. The van der Waals surface area contributed by atoms with E-state index in [1.54, 1.807) is 24.4 Å². The van der Waals surface area contributed by atoms with Gasteiger partial charge in [-0.25, -0.2) is 0 Å². The molecule has 0 aliphatic heterocycles. The van der Waals surface area contributed by atoms with Crippen LogP contribution in [0.1, 0.15) is 22.4 Å². The third kappa shape index (κ3) is 4.21. The van der Waals surface area contributed by atoms with Crippen molar-refractivity contribution in [3.63, 3.8) is 0 Å². The van der Waals surface area contributed by atoms with Gasteiger partial charge in [0.2, 0.25) is 0 Å². The highest BCUT2D eigenvalue weighted by Crippen LogP contribution is 2.15. The zero-order valence-electron chi connectivity index (χ0n) is 11.6. The van der Waals surface area contributed by atoms with Crippen molar-refractivity contribution < 1.29 is 0 Å². The fraction of sp³-hybridized carbons (Fsp3) is 0. The molecule has 1 nitrogen and oxygen atoms in total. The van der Waals surface area contributed by atoms with Crippen molar-refractivity contribution in [2.45, 2.75) is 0 Å². The van der Waals surface area contributed by atoms with E-state index < -0.39 is 0 Å². The average molecular weight is 261 g/mol. The molecule has 0 radical (unpaired) electrons. The second kappa shape index (κ2) is 8.44. The number of rotatable bonds is 4. The summed E-state index contributed by atoms with van der Waals surface area (Å²) in [4.78, 5) is 4.14. The van der Waals surface area contributed by atoms with Gasteiger partial charge in [0.05, 0.1) is 5.69 Å². The monoisotopic (exact) mass is 261 g/mol. The SMILES string of the molecule is C=Cc1ccccc1.C=Cc1ccnc(C=C)c1C=C. The average Bonchev–Trinajstić information content (AvgIpc) is 2.55. The highest BCUT2D eigenvalue weighted by molar-refractivity contribution is 5.70. The molecule has 20 heavy (non-hydrogen) atoms. The van der Waals surface area contributed by atoms with Crippen LogP contribution in [0.15, 0.2) is 68.9 Å². The molecule has 0 bridgehead atoms. The molecule has 0 amide bonds. The third-order valence-corrected chi connectivity index (χ3v) is 2.71. The molecule has 2 aromatic rings. The van der Waals surface area contributed by atoms with E-state index in [1.165, 1.54) is 5.56 Å². The van der Waals surface area contributed by atoms with Crippen LogP contribution in [-0.4, -0.2) is 4.98 Å². The largest absolute Gasteiger partial charge is 0.256 e. The van der Waals surface area contributed by atoms with Crippen LogP contribution in [0.3, 0.4) is 0 Å². The standard InChI is InChI=1S/C11H11N.C8H8/c1-4-9-7-8-12-11(6-3)10(9)5-2;1-2-8-6-4-3-5-7-8/h4-8H,1-3H2;2-7H,1H2. The number of hydrogen-bond donors (Lipinski definition) is 0. The molecule has 1 heteroatoms. The molecule has 0 fully saturated rings. The van der Waals surface area contributed by atoms with E-state index in [1.807, 2.05) is 42.5 Å². The van der Waals surface area contributed by atoms with E-state index in [2.05, 4.69) is 31.3 Å². The van der Waals surface area contributed by atoms with Gasteiger partial charge in [0, 0.05) is 11.8 Å². The second-order valence-electron chi connectivity index (χ2n) is 3.93. The Balaban J connectivity index is 0.000000217. The third-order valence-electron chi connectivity index (χ3n) is 2.71. The Morgan fingerprint density at radius 2 is 1.45 bits per heavy atom. The van der Waals surface area contributed by atoms with Crippen molar-refractivity contribution in [2.75, 3.05) is 0 Å². The van der Waals surface area contributed by atoms with Crippen LogP contribution in [-0.2, 0) is 0 Å². The molecular formula is C19H19N. The second-order valence-corrected chi connectivity index (χ2v) is 3.93. The van der Waals surface area contributed by atoms with Crippen molar-refractivity contribution in [1.29, 1.82) is 0 Å². The van der Waals surface area contributed by atoms with E-state index in [-0.39, 0.29) is 0 Å². The van der Waals surface area contributed by atoms with Gasteiger partial charge in [0.15, 0.2) is 0 Å². The van der Waals surface area contributed by atoms with Gasteiger partial charge in [0.1, 0.15) is 0 Å². The van der Waals surface area contributed by atoms with Crippen LogP contribution in [0.4, 0.5) is 0 Å². The van der Waals surface area contributed by atoms with Crippen LogP contribution in [0.25, 0.3) is 24.3 Å². The van der Waals surface area contributed by atoms with Crippen LogP contribution in [0.5, 0.6) is 0 Å². The van der Waals surface area contributed by atoms with Crippen LogP contribution < -0.4 is 0 Å². The van der Waals surface area contributed by atoms with Crippen molar-refractivity contribution in [3.05, 3.63) is 91.3 Å². The Bertz CT molecular complexity index is 568. The van der Waals surface area contributed by atoms with E-state index in [4.69, 9.17) is 0 Å². The molecule has 0 saturated heterocycles. The number of hydrogen-bond acceptors (Lipinski definition) is 1. The molecule has 0 N–H and O–H groups in total. The van der Waals surface area contributed by atoms with E-state index in [0.29, 0.717) is 0 Å². The van der Waals surface area contributed by atoms with Gasteiger partial charge in [-0.05, 0) is 23.3 Å². The molecule has 2 rings (SSSR count). The Morgan fingerprint density at radius 1 is 0.750 bits per heavy atom. The minimum atomic E-state index is 0.849. The lowest BCUT2D eigenvalue weighted by Gasteiger charge is -2.02. The number of nitrogens with zero attached hydrogens (tertiary/aromatic N) is 1. The molecule has 0 aliphatic rings. The number of pyridine rings is 1. The van der Waals surface area contributed by atoms with Gasteiger partial charge in [-0.15, -0.1) is 0 Å². The van der Waals surface area contributed by atoms with Gasteiger partial charge in [-0.2, -0.15) is 0 Å².